The zero-order chi connectivity index (χ0) is 10.0. The molecule has 0 saturated heterocycles. The molecule has 3 heteroatoms. The van der Waals surface area contributed by atoms with Gasteiger partial charge in [0, 0.05) is 10.0 Å². The van der Waals surface area contributed by atoms with Crippen LogP contribution in [0.15, 0.2) is 16.6 Å². The van der Waals surface area contributed by atoms with Gasteiger partial charge >= 0.3 is 0 Å². The van der Waals surface area contributed by atoms with Gasteiger partial charge < -0.3 is 5.11 Å². The first-order valence-electron chi connectivity index (χ1n) is 4.19. The van der Waals surface area contributed by atoms with E-state index < -0.39 is 6.10 Å². The summed E-state index contributed by atoms with van der Waals surface area (Å²) in [4.78, 5) is 0. The Morgan fingerprint density at radius 2 is 2.15 bits per heavy atom. The van der Waals surface area contributed by atoms with Crippen LogP contribution >= 0.6 is 15.9 Å². The Morgan fingerprint density at radius 1 is 1.54 bits per heavy atom. The molecule has 1 aromatic rings. The number of halogens is 2. The molecule has 0 amide bonds. The highest BCUT2D eigenvalue weighted by Gasteiger charge is 2.12. The van der Waals surface area contributed by atoms with E-state index >= 15 is 0 Å². The molecule has 0 spiro atoms. The van der Waals surface area contributed by atoms with Gasteiger partial charge in [-0.15, -0.1) is 0 Å². The SMILES string of the molecule is CCC(O)c1cc(C)c(Br)cc1F. The van der Waals surface area contributed by atoms with Crippen molar-refractivity contribution >= 4 is 15.9 Å². The quantitative estimate of drug-likeness (QED) is 0.849. The molecule has 0 aliphatic rings. The monoisotopic (exact) mass is 246 g/mol. The topological polar surface area (TPSA) is 20.2 Å². The molecule has 1 aromatic carbocycles. The molecule has 0 saturated carbocycles. The van der Waals surface area contributed by atoms with Crippen molar-refractivity contribution in [2.45, 2.75) is 26.4 Å². The predicted octanol–water partition coefficient (Wildman–Crippen LogP) is 3.34. The fraction of sp³-hybridized carbons (Fsp3) is 0.400. The van der Waals surface area contributed by atoms with E-state index in [4.69, 9.17) is 0 Å². The Hall–Kier alpha value is -0.410. The summed E-state index contributed by atoms with van der Waals surface area (Å²) >= 11 is 3.23. The number of benzene rings is 1. The molecule has 13 heavy (non-hydrogen) atoms. The van der Waals surface area contributed by atoms with Gasteiger partial charge in [0.2, 0.25) is 0 Å². The standard InChI is InChI=1S/C10H12BrFO/c1-3-10(13)7-4-6(2)8(11)5-9(7)12/h4-5,10,13H,3H2,1-2H3. The zero-order valence-corrected chi connectivity index (χ0v) is 9.23. The second kappa shape index (κ2) is 4.20. The maximum Gasteiger partial charge on any atom is 0.130 e. The molecule has 1 unspecified atom stereocenters. The fourth-order valence-corrected chi connectivity index (χ4v) is 1.47. The molecule has 0 bridgehead atoms. The van der Waals surface area contributed by atoms with Crippen LogP contribution in [0.4, 0.5) is 4.39 Å². The summed E-state index contributed by atoms with van der Waals surface area (Å²) in [6, 6.07) is 3.07. The zero-order valence-electron chi connectivity index (χ0n) is 7.64. The Balaban J connectivity index is 3.15. The summed E-state index contributed by atoms with van der Waals surface area (Å²) in [7, 11) is 0. The third-order valence-corrected chi connectivity index (χ3v) is 2.88. The first-order valence-corrected chi connectivity index (χ1v) is 4.99. The number of aliphatic hydroxyl groups excluding tert-OH is 1. The third-order valence-electron chi connectivity index (χ3n) is 2.02. The lowest BCUT2D eigenvalue weighted by Gasteiger charge is -2.11. The molecular weight excluding hydrogens is 235 g/mol. The van der Waals surface area contributed by atoms with Crippen LogP contribution in [0.1, 0.15) is 30.6 Å². The molecule has 0 radical (unpaired) electrons. The van der Waals surface area contributed by atoms with Gasteiger partial charge in [0.15, 0.2) is 0 Å². The van der Waals surface area contributed by atoms with Gasteiger partial charge in [-0.05, 0) is 31.0 Å². The molecule has 0 heterocycles. The Bertz CT molecular complexity index is 312. The summed E-state index contributed by atoms with van der Waals surface area (Å²) < 4.78 is 14.0. The molecule has 0 aromatic heterocycles. The van der Waals surface area contributed by atoms with Crippen LogP contribution in [0.5, 0.6) is 0 Å². The number of aryl methyl sites for hydroxylation is 1. The third kappa shape index (κ3) is 2.29. The van der Waals surface area contributed by atoms with E-state index in [0.29, 0.717) is 12.0 Å². The second-order valence-corrected chi connectivity index (χ2v) is 3.90. The summed E-state index contributed by atoms with van der Waals surface area (Å²) in [5.41, 5.74) is 1.31. The van der Waals surface area contributed by atoms with Crippen LogP contribution < -0.4 is 0 Å². The number of aliphatic hydroxyl groups is 1. The van der Waals surface area contributed by atoms with Crippen LogP contribution in [0.25, 0.3) is 0 Å². The molecule has 0 aliphatic heterocycles. The van der Waals surface area contributed by atoms with Crippen molar-refractivity contribution in [3.63, 3.8) is 0 Å². The van der Waals surface area contributed by atoms with Crippen molar-refractivity contribution in [3.8, 4) is 0 Å². The highest BCUT2D eigenvalue weighted by atomic mass is 79.9. The highest BCUT2D eigenvalue weighted by molar-refractivity contribution is 9.10. The van der Waals surface area contributed by atoms with E-state index in [2.05, 4.69) is 15.9 Å². The van der Waals surface area contributed by atoms with Crippen molar-refractivity contribution in [2.75, 3.05) is 0 Å². The molecule has 1 rings (SSSR count). The maximum absolute atomic E-state index is 13.3. The summed E-state index contributed by atoms with van der Waals surface area (Å²) in [5.74, 6) is -0.355. The van der Waals surface area contributed by atoms with Crippen LogP contribution in [-0.4, -0.2) is 5.11 Å². The average molecular weight is 247 g/mol. The lowest BCUT2D eigenvalue weighted by Crippen LogP contribution is -2.00. The Kier molecular flexibility index (Phi) is 3.45. The van der Waals surface area contributed by atoms with E-state index in [0.717, 1.165) is 10.0 Å². The molecular formula is C10H12BrFO. The smallest absolute Gasteiger partial charge is 0.130 e. The van der Waals surface area contributed by atoms with Gasteiger partial charge in [-0.2, -0.15) is 0 Å². The van der Waals surface area contributed by atoms with Crippen molar-refractivity contribution in [3.05, 3.63) is 33.5 Å². The molecule has 0 fully saturated rings. The van der Waals surface area contributed by atoms with Gasteiger partial charge in [0.1, 0.15) is 5.82 Å². The first-order chi connectivity index (χ1) is 6.06. The van der Waals surface area contributed by atoms with E-state index in [9.17, 15) is 9.50 Å². The molecule has 72 valence electrons. The van der Waals surface area contributed by atoms with Crippen LogP contribution in [0.2, 0.25) is 0 Å². The highest BCUT2D eigenvalue weighted by Crippen LogP contribution is 2.25. The summed E-state index contributed by atoms with van der Waals surface area (Å²) in [6.07, 6.45) is -0.176. The molecule has 1 nitrogen and oxygen atoms in total. The largest absolute Gasteiger partial charge is 0.388 e. The van der Waals surface area contributed by atoms with Crippen LogP contribution in [0.3, 0.4) is 0 Å². The predicted molar refractivity (Wildman–Crippen MR) is 54.1 cm³/mol. The van der Waals surface area contributed by atoms with Crippen LogP contribution in [0, 0.1) is 12.7 Å². The van der Waals surface area contributed by atoms with Gasteiger partial charge in [-0.25, -0.2) is 4.39 Å². The fourth-order valence-electron chi connectivity index (χ4n) is 1.15. The van der Waals surface area contributed by atoms with E-state index in [1.165, 1.54) is 6.07 Å². The lowest BCUT2D eigenvalue weighted by molar-refractivity contribution is 0.169. The minimum atomic E-state index is -0.702. The van der Waals surface area contributed by atoms with Crippen molar-refractivity contribution in [2.24, 2.45) is 0 Å². The second-order valence-electron chi connectivity index (χ2n) is 3.05. The molecule has 0 aliphatic carbocycles. The van der Waals surface area contributed by atoms with Gasteiger partial charge in [-0.3, -0.25) is 0 Å². The van der Waals surface area contributed by atoms with Crippen LogP contribution in [-0.2, 0) is 0 Å². The molecule has 1 atom stereocenters. The van der Waals surface area contributed by atoms with E-state index in [1.54, 1.807) is 6.07 Å². The van der Waals surface area contributed by atoms with Crippen molar-refractivity contribution < 1.29 is 9.50 Å². The normalized spacial score (nSPS) is 13.0. The maximum atomic E-state index is 13.3. The molecule has 1 N–H and O–H groups in total. The van der Waals surface area contributed by atoms with E-state index in [1.807, 2.05) is 13.8 Å². The Morgan fingerprint density at radius 3 is 2.69 bits per heavy atom. The first kappa shape index (κ1) is 10.7. The van der Waals surface area contributed by atoms with Gasteiger partial charge in [0.05, 0.1) is 6.10 Å². The number of rotatable bonds is 2. The van der Waals surface area contributed by atoms with Gasteiger partial charge in [0.25, 0.3) is 0 Å². The summed E-state index contributed by atoms with van der Waals surface area (Å²) in [5, 5.41) is 9.47. The average Bonchev–Trinajstić information content (AvgIpc) is 2.10. The van der Waals surface area contributed by atoms with Gasteiger partial charge in [-0.1, -0.05) is 22.9 Å². The summed E-state index contributed by atoms with van der Waals surface area (Å²) in [6.45, 7) is 3.69. The van der Waals surface area contributed by atoms with Crippen molar-refractivity contribution in [1.29, 1.82) is 0 Å². The lowest BCUT2D eigenvalue weighted by atomic mass is 10.0. The Labute approximate surface area is 85.7 Å². The minimum Gasteiger partial charge on any atom is -0.388 e. The minimum absolute atomic E-state index is 0.355. The number of hydrogen-bond donors (Lipinski definition) is 1. The van der Waals surface area contributed by atoms with Crippen molar-refractivity contribution in [1.82, 2.24) is 0 Å². The van der Waals surface area contributed by atoms with E-state index in [-0.39, 0.29) is 5.82 Å². The number of hydrogen-bond acceptors (Lipinski definition) is 1.